The summed E-state index contributed by atoms with van der Waals surface area (Å²) in [6.45, 7) is 7.51. The van der Waals surface area contributed by atoms with E-state index in [9.17, 15) is 5.11 Å². The van der Waals surface area contributed by atoms with Crippen LogP contribution in [0.4, 0.5) is 0 Å². The van der Waals surface area contributed by atoms with Gasteiger partial charge < -0.3 is 20.2 Å². The molecule has 0 aliphatic heterocycles. The first-order chi connectivity index (χ1) is 9.52. The smallest absolute Gasteiger partial charge is 0.216 e. The van der Waals surface area contributed by atoms with Crippen LogP contribution in [0.25, 0.3) is 0 Å². The zero-order chi connectivity index (χ0) is 14.6. The van der Waals surface area contributed by atoms with Crippen LogP contribution in [0.2, 0.25) is 0 Å². The van der Waals surface area contributed by atoms with Gasteiger partial charge in [-0.3, -0.25) is 0 Å². The molecule has 3 N–H and O–H groups in total. The molecule has 1 aliphatic carbocycles. The summed E-state index contributed by atoms with van der Waals surface area (Å²) < 4.78 is 5.50. The number of aromatic nitrogens is 1. The fourth-order valence-electron chi connectivity index (χ4n) is 2.11. The number of aryl methyl sites for hydroxylation is 2. The van der Waals surface area contributed by atoms with Crippen molar-refractivity contribution in [2.45, 2.75) is 52.2 Å². The van der Waals surface area contributed by atoms with Crippen molar-refractivity contribution in [2.75, 3.05) is 13.1 Å². The maximum absolute atomic E-state index is 10.1. The van der Waals surface area contributed by atoms with Gasteiger partial charge in [0.15, 0.2) is 5.96 Å². The van der Waals surface area contributed by atoms with Crippen molar-refractivity contribution < 1.29 is 9.52 Å². The zero-order valence-electron chi connectivity index (χ0n) is 12.5. The van der Waals surface area contributed by atoms with Crippen LogP contribution in [0.5, 0.6) is 0 Å². The maximum Gasteiger partial charge on any atom is 0.216 e. The Kier molecular flexibility index (Phi) is 4.65. The number of rotatable bonds is 5. The molecule has 1 saturated carbocycles. The van der Waals surface area contributed by atoms with Gasteiger partial charge in [0.2, 0.25) is 5.89 Å². The van der Waals surface area contributed by atoms with E-state index in [1.165, 1.54) is 0 Å². The molecule has 112 valence electrons. The Morgan fingerprint density at radius 1 is 1.40 bits per heavy atom. The minimum atomic E-state index is -0.563. The summed E-state index contributed by atoms with van der Waals surface area (Å²) in [5.74, 6) is 2.12. The second-order valence-electron chi connectivity index (χ2n) is 5.38. The Balaban J connectivity index is 1.90. The molecule has 6 nitrogen and oxygen atoms in total. The molecule has 1 heterocycles. The number of nitrogens with one attached hydrogen (secondary N) is 2. The monoisotopic (exact) mass is 280 g/mol. The Hall–Kier alpha value is -1.56. The predicted octanol–water partition coefficient (Wildman–Crippen LogP) is 1.26. The second kappa shape index (κ2) is 6.26. The molecule has 0 bridgehead atoms. The Bertz CT molecular complexity index is 458. The summed E-state index contributed by atoms with van der Waals surface area (Å²) in [6, 6.07) is 0. The fourth-order valence-corrected chi connectivity index (χ4v) is 2.11. The van der Waals surface area contributed by atoms with E-state index in [4.69, 9.17) is 4.42 Å². The van der Waals surface area contributed by atoms with Gasteiger partial charge in [-0.15, -0.1) is 0 Å². The Labute approximate surface area is 119 Å². The Morgan fingerprint density at radius 2 is 2.15 bits per heavy atom. The topological polar surface area (TPSA) is 82.7 Å². The second-order valence-corrected chi connectivity index (χ2v) is 5.38. The highest BCUT2D eigenvalue weighted by molar-refractivity contribution is 5.79. The van der Waals surface area contributed by atoms with Crippen LogP contribution < -0.4 is 10.6 Å². The highest BCUT2D eigenvalue weighted by atomic mass is 16.4. The number of nitrogens with zero attached hydrogens (tertiary/aromatic N) is 2. The van der Waals surface area contributed by atoms with Crippen LogP contribution >= 0.6 is 0 Å². The van der Waals surface area contributed by atoms with Crippen LogP contribution in [0, 0.1) is 13.8 Å². The average molecular weight is 280 g/mol. The van der Waals surface area contributed by atoms with E-state index in [-0.39, 0.29) is 0 Å². The summed E-state index contributed by atoms with van der Waals surface area (Å²) in [4.78, 5) is 8.73. The van der Waals surface area contributed by atoms with Crippen LogP contribution in [0.15, 0.2) is 9.41 Å². The van der Waals surface area contributed by atoms with Gasteiger partial charge in [-0.25, -0.2) is 9.98 Å². The quantitative estimate of drug-likeness (QED) is 0.559. The van der Waals surface area contributed by atoms with Gasteiger partial charge in [-0.1, -0.05) is 0 Å². The lowest BCUT2D eigenvalue weighted by Crippen LogP contribution is -2.50. The van der Waals surface area contributed by atoms with Gasteiger partial charge >= 0.3 is 0 Å². The molecule has 1 aliphatic rings. The molecule has 1 fully saturated rings. The third kappa shape index (κ3) is 3.72. The van der Waals surface area contributed by atoms with Crippen LogP contribution in [-0.2, 0) is 6.54 Å². The summed E-state index contributed by atoms with van der Waals surface area (Å²) in [5.41, 5.74) is 0.337. The van der Waals surface area contributed by atoms with Gasteiger partial charge in [-0.2, -0.15) is 0 Å². The van der Waals surface area contributed by atoms with Crippen molar-refractivity contribution in [3.63, 3.8) is 0 Å². The van der Waals surface area contributed by atoms with Crippen molar-refractivity contribution in [3.05, 3.63) is 17.3 Å². The molecule has 2 rings (SSSR count). The van der Waals surface area contributed by atoms with E-state index in [1.54, 1.807) is 0 Å². The normalized spacial score (nSPS) is 17.7. The maximum atomic E-state index is 10.1. The Morgan fingerprint density at radius 3 is 2.65 bits per heavy atom. The number of oxazole rings is 1. The number of aliphatic hydroxyl groups is 1. The molecule has 0 atom stereocenters. The summed E-state index contributed by atoms with van der Waals surface area (Å²) in [5, 5.41) is 16.4. The largest absolute Gasteiger partial charge is 0.444 e. The van der Waals surface area contributed by atoms with Gasteiger partial charge in [0.05, 0.1) is 11.3 Å². The van der Waals surface area contributed by atoms with Crippen molar-refractivity contribution in [3.8, 4) is 0 Å². The average Bonchev–Trinajstić information content (AvgIpc) is 2.70. The lowest BCUT2D eigenvalue weighted by molar-refractivity contribution is -0.0279. The molecule has 1 aromatic heterocycles. The van der Waals surface area contributed by atoms with Crippen molar-refractivity contribution in [2.24, 2.45) is 4.99 Å². The molecule has 20 heavy (non-hydrogen) atoms. The predicted molar refractivity (Wildman–Crippen MR) is 77.6 cm³/mol. The highest BCUT2D eigenvalue weighted by Crippen LogP contribution is 2.30. The molecule has 1 aromatic rings. The molecule has 0 unspecified atom stereocenters. The van der Waals surface area contributed by atoms with Crippen molar-refractivity contribution >= 4 is 5.96 Å². The van der Waals surface area contributed by atoms with Crippen LogP contribution in [0.3, 0.4) is 0 Å². The number of guanidine groups is 1. The van der Waals surface area contributed by atoms with E-state index >= 15 is 0 Å². The van der Waals surface area contributed by atoms with Gasteiger partial charge in [-0.05, 0) is 40.0 Å². The minimum Gasteiger partial charge on any atom is -0.444 e. The molecule has 0 radical (unpaired) electrons. The van der Waals surface area contributed by atoms with Crippen molar-refractivity contribution in [1.29, 1.82) is 0 Å². The van der Waals surface area contributed by atoms with Crippen LogP contribution in [-0.4, -0.2) is 34.7 Å². The van der Waals surface area contributed by atoms with Gasteiger partial charge in [0, 0.05) is 13.1 Å². The molecule has 0 amide bonds. The molecular formula is C14H24N4O2. The van der Waals surface area contributed by atoms with E-state index in [1.807, 2.05) is 20.8 Å². The fraction of sp³-hybridized carbons (Fsp3) is 0.714. The first kappa shape index (κ1) is 14.8. The lowest BCUT2D eigenvalue weighted by Gasteiger charge is -2.36. The van der Waals surface area contributed by atoms with E-state index in [2.05, 4.69) is 20.6 Å². The SMILES string of the molecule is CCNC(=NCc1nc(C)c(C)o1)NCC1(O)CCC1. The molecule has 0 saturated heterocycles. The number of hydrogen-bond donors (Lipinski definition) is 3. The lowest BCUT2D eigenvalue weighted by atomic mass is 9.80. The first-order valence-corrected chi connectivity index (χ1v) is 7.20. The summed E-state index contributed by atoms with van der Waals surface area (Å²) in [6.07, 6.45) is 2.82. The van der Waals surface area contributed by atoms with Crippen molar-refractivity contribution in [1.82, 2.24) is 15.6 Å². The summed E-state index contributed by atoms with van der Waals surface area (Å²) in [7, 11) is 0. The number of aliphatic imine (C=N–C) groups is 1. The molecule has 0 spiro atoms. The van der Waals surface area contributed by atoms with Gasteiger partial charge in [0.1, 0.15) is 12.3 Å². The molecule has 6 heteroatoms. The third-order valence-corrected chi connectivity index (χ3v) is 3.66. The third-order valence-electron chi connectivity index (χ3n) is 3.66. The van der Waals surface area contributed by atoms with Crippen LogP contribution in [0.1, 0.15) is 43.5 Å². The minimum absolute atomic E-state index is 0.391. The van der Waals surface area contributed by atoms with E-state index in [0.717, 1.165) is 37.3 Å². The molecule has 0 aromatic carbocycles. The van der Waals surface area contributed by atoms with E-state index in [0.29, 0.717) is 24.9 Å². The molecular weight excluding hydrogens is 256 g/mol. The first-order valence-electron chi connectivity index (χ1n) is 7.20. The summed E-state index contributed by atoms with van der Waals surface area (Å²) >= 11 is 0. The zero-order valence-corrected chi connectivity index (χ0v) is 12.5. The van der Waals surface area contributed by atoms with E-state index < -0.39 is 5.60 Å². The number of hydrogen-bond acceptors (Lipinski definition) is 4. The standard InChI is InChI=1S/C14H24N4O2/c1-4-15-13(17-9-14(19)6-5-7-14)16-8-12-18-10(2)11(3)20-12/h19H,4-9H2,1-3H3,(H2,15,16,17). The van der Waals surface area contributed by atoms with Gasteiger partial charge in [0.25, 0.3) is 0 Å². The highest BCUT2D eigenvalue weighted by Gasteiger charge is 2.34.